The molecule has 1 fully saturated rings. The molecule has 0 bridgehead atoms. The number of benzene rings is 1. The maximum Gasteiger partial charge on any atom is 0.372 e. The van der Waals surface area contributed by atoms with Crippen molar-refractivity contribution in [3.05, 3.63) is 23.8 Å². The van der Waals surface area contributed by atoms with Crippen LogP contribution in [0.4, 0.5) is 0 Å². The standard InChI is InChI=1S/C14H14O5/c15-11(14(16)17)6-8-4-9(5-8)10-2-1-3-12-13(10)19-7-18-12/h1-3,8-9H,4-7H2,(H,16,17). The molecule has 0 spiro atoms. The monoisotopic (exact) mass is 262 g/mol. The van der Waals surface area contributed by atoms with Crippen molar-refractivity contribution in [3.63, 3.8) is 0 Å². The Kier molecular flexibility index (Phi) is 2.89. The Morgan fingerprint density at radius 3 is 2.79 bits per heavy atom. The van der Waals surface area contributed by atoms with Crippen LogP contribution in [-0.4, -0.2) is 23.7 Å². The van der Waals surface area contributed by atoms with E-state index in [1.165, 1.54) is 0 Å². The van der Waals surface area contributed by atoms with Crippen molar-refractivity contribution in [2.75, 3.05) is 6.79 Å². The van der Waals surface area contributed by atoms with E-state index in [2.05, 4.69) is 0 Å². The number of aliphatic carboxylic acids is 1. The predicted molar refractivity (Wildman–Crippen MR) is 65.3 cm³/mol. The highest BCUT2D eigenvalue weighted by Crippen LogP contribution is 2.49. The molecule has 3 rings (SSSR count). The number of Topliss-reactive ketones (excluding diaryl/α,β-unsaturated/α-hetero) is 1. The van der Waals surface area contributed by atoms with E-state index in [1.807, 2.05) is 18.2 Å². The van der Waals surface area contributed by atoms with E-state index in [9.17, 15) is 9.59 Å². The summed E-state index contributed by atoms with van der Waals surface area (Å²) in [7, 11) is 0. The van der Waals surface area contributed by atoms with Gasteiger partial charge in [0.2, 0.25) is 12.6 Å². The summed E-state index contributed by atoms with van der Waals surface area (Å²) in [6.07, 6.45) is 1.80. The van der Waals surface area contributed by atoms with Gasteiger partial charge in [-0.05, 0) is 30.7 Å². The molecule has 1 N–H and O–H groups in total. The van der Waals surface area contributed by atoms with Gasteiger partial charge < -0.3 is 14.6 Å². The predicted octanol–water partition coefficient (Wildman–Crippen LogP) is 1.95. The molecule has 1 aliphatic heterocycles. The van der Waals surface area contributed by atoms with E-state index in [0.717, 1.165) is 29.9 Å². The third-order valence-corrected chi connectivity index (χ3v) is 3.82. The molecule has 1 aromatic rings. The summed E-state index contributed by atoms with van der Waals surface area (Å²) in [6.45, 7) is 0.250. The second kappa shape index (κ2) is 4.57. The molecule has 0 saturated heterocycles. The normalized spacial score (nSPS) is 23.8. The van der Waals surface area contributed by atoms with Gasteiger partial charge in [0.25, 0.3) is 0 Å². The minimum atomic E-state index is -1.33. The molecule has 1 aliphatic carbocycles. The molecule has 1 saturated carbocycles. The smallest absolute Gasteiger partial charge is 0.372 e. The Bertz CT molecular complexity index is 531. The second-order valence-electron chi connectivity index (χ2n) is 5.05. The van der Waals surface area contributed by atoms with Crippen molar-refractivity contribution in [1.29, 1.82) is 0 Å². The lowest BCUT2D eigenvalue weighted by atomic mass is 9.69. The number of para-hydroxylation sites is 1. The summed E-state index contributed by atoms with van der Waals surface area (Å²) in [5.41, 5.74) is 1.11. The van der Waals surface area contributed by atoms with Crippen LogP contribution in [0.5, 0.6) is 11.5 Å². The molecule has 100 valence electrons. The average Bonchev–Trinajstić information content (AvgIpc) is 2.81. The first-order valence-electron chi connectivity index (χ1n) is 6.29. The molecular formula is C14H14O5. The molecule has 19 heavy (non-hydrogen) atoms. The summed E-state index contributed by atoms with van der Waals surface area (Å²) in [5, 5.41) is 8.57. The van der Waals surface area contributed by atoms with Gasteiger partial charge in [-0.2, -0.15) is 0 Å². The first-order valence-corrected chi connectivity index (χ1v) is 6.29. The molecular weight excluding hydrogens is 248 g/mol. The van der Waals surface area contributed by atoms with Gasteiger partial charge in [0, 0.05) is 12.0 Å². The molecule has 0 unspecified atom stereocenters. The van der Waals surface area contributed by atoms with Gasteiger partial charge in [0.15, 0.2) is 11.5 Å². The molecule has 5 heteroatoms. The van der Waals surface area contributed by atoms with E-state index in [4.69, 9.17) is 14.6 Å². The fraction of sp³-hybridized carbons (Fsp3) is 0.429. The van der Waals surface area contributed by atoms with Gasteiger partial charge >= 0.3 is 5.97 Å². The number of carboxylic acids is 1. The molecule has 1 aromatic carbocycles. The minimum Gasteiger partial charge on any atom is -0.476 e. The Balaban J connectivity index is 1.64. The van der Waals surface area contributed by atoms with Crippen LogP contribution in [0.15, 0.2) is 18.2 Å². The van der Waals surface area contributed by atoms with Crippen LogP contribution < -0.4 is 9.47 Å². The van der Waals surface area contributed by atoms with Crippen LogP contribution in [0.25, 0.3) is 0 Å². The van der Waals surface area contributed by atoms with E-state index in [-0.39, 0.29) is 19.1 Å². The van der Waals surface area contributed by atoms with Gasteiger partial charge in [0.05, 0.1) is 0 Å². The number of carbonyl (C=O) groups excluding carboxylic acids is 1. The number of carboxylic acid groups (broad SMARTS) is 1. The highest BCUT2D eigenvalue weighted by atomic mass is 16.7. The lowest BCUT2D eigenvalue weighted by Crippen LogP contribution is -2.27. The Hall–Kier alpha value is -2.04. The molecule has 0 radical (unpaired) electrons. The molecule has 2 aliphatic rings. The highest BCUT2D eigenvalue weighted by molar-refractivity contribution is 6.32. The SMILES string of the molecule is O=C(O)C(=O)CC1CC(c2cccc3c2OCO3)C1. The van der Waals surface area contributed by atoms with Crippen LogP contribution in [0.1, 0.15) is 30.7 Å². The van der Waals surface area contributed by atoms with Crippen molar-refractivity contribution in [1.82, 2.24) is 0 Å². The number of hydrogen-bond acceptors (Lipinski definition) is 4. The van der Waals surface area contributed by atoms with Crippen LogP contribution in [-0.2, 0) is 9.59 Å². The quantitative estimate of drug-likeness (QED) is 0.839. The van der Waals surface area contributed by atoms with Crippen molar-refractivity contribution in [2.24, 2.45) is 5.92 Å². The Labute approximate surface area is 110 Å². The fourth-order valence-corrected chi connectivity index (χ4v) is 2.78. The molecule has 0 amide bonds. The molecule has 0 aromatic heterocycles. The molecule has 0 atom stereocenters. The molecule has 5 nitrogen and oxygen atoms in total. The van der Waals surface area contributed by atoms with Gasteiger partial charge in [-0.1, -0.05) is 12.1 Å². The van der Waals surface area contributed by atoms with Gasteiger partial charge in [0.1, 0.15) is 0 Å². The Morgan fingerprint density at radius 1 is 1.26 bits per heavy atom. The Morgan fingerprint density at radius 2 is 2.05 bits per heavy atom. The zero-order chi connectivity index (χ0) is 13.4. The summed E-state index contributed by atoms with van der Waals surface area (Å²) in [4.78, 5) is 21.6. The van der Waals surface area contributed by atoms with Gasteiger partial charge in [-0.3, -0.25) is 4.79 Å². The van der Waals surface area contributed by atoms with E-state index >= 15 is 0 Å². The maximum absolute atomic E-state index is 11.1. The first kappa shape index (κ1) is 12.0. The molecule has 1 heterocycles. The van der Waals surface area contributed by atoms with Crippen molar-refractivity contribution >= 4 is 11.8 Å². The lowest BCUT2D eigenvalue weighted by Gasteiger charge is -2.35. The summed E-state index contributed by atoms with van der Waals surface area (Å²) < 4.78 is 10.8. The number of ether oxygens (including phenoxy) is 2. The third-order valence-electron chi connectivity index (χ3n) is 3.82. The second-order valence-corrected chi connectivity index (χ2v) is 5.05. The van der Waals surface area contributed by atoms with Crippen molar-refractivity contribution in [3.8, 4) is 11.5 Å². The number of hydrogen-bond donors (Lipinski definition) is 1. The van der Waals surface area contributed by atoms with Crippen LogP contribution in [0.2, 0.25) is 0 Å². The van der Waals surface area contributed by atoms with Crippen LogP contribution in [0.3, 0.4) is 0 Å². The number of ketones is 1. The summed E-state index contributed by atoms with van der Waals surface area (Å²) >= 11 is 0. The largest absolute Gasteiger partial charge is 0.476 e. The minimum absolute atomic E-state index is 0.137. The summed E-state index contributed by atoms with van der Waals surface area (Å²) in [5.74, 6) is 0.0511. The average molecular weight is 262 g/mol. The first-order chi connectivity index (χ1) is 9.15. The van der Waals surface area contributed by atoms with Crippen molar-refractivity contribution in [2.45, 2.75) is 25.2 Å². The number of fused-ring (bicyclic) bond motifs is 1. The summed E-state index contributed by atoms with van der Waals surface area (Å²) in [6, 6.07) is 5.81. The van der Waals surface area contributed by atoms with Gasteiger partial charge in [-0.25, -0.2) is 4.79 Å². The van der Waals surface area contributed by atoms with E-state index < -0.39 is 11.8 Å². The third kappa shape index (κ3) is 2.16. The zero-order valence-corrected chi connectivity index (χ0v) is 10.3. The van der Waals surface area contributed by atoms with Crippen LogP contribution in [0, 0.1) is 5.92 Å². The van der Waals surface area contributed by atoms with Crippen LogP contribution >= 0.6 is 0 Å². The fourth-order valence-electron chi connectivity index (χ4n) is 2.78. The highest BCUT2D eigenvalue weighted by Gasteiger charge is 2.35. The topological polar surface area (TPSA) is 72.8 Å². The van der Waals surface area contributed by atoms with Gasteiger partial charge in [-0.15, -0.1) is 0 Å². The van der Waals surface area contributed by atoms with E-state index in [0.29, 0.717) is 5.92 Å². The van der Waals surface area contributed by atoms with E-state index in [1.54, 1.807) is 0 Å². The lowest BCUT2D eigenvalue weighted by molar-refractivity contribution is -0.149. The number of rotatable bonds is 4. The zero-order valence-electron chi connectivity index (χ0n) is 10.3. The maximum atomic E-state index is 11.1. The van der Waals surface area contributed by atoms with Crippen molar-refractivity contribution < 1.29 is 24.2 Å². The number of carbonyl (C=O) groups is 2.